The van der Waals surface area contributed by atoms with Gasteiger partial charge in [0, 0.05) is 4.90 Å². The number of halogens is 1. The third kappa shape index (κ3) is 2.56. The Labute approximate surface area is 125 Å². The Bertz CT molecular complexity index is 655. The van der Waals surface area contributed by atoms with Crippen molar-refractivity contribution in [3.05, 3.63) is 39.6 Å². The summed E-state index contributed by atoms with van der Waals surface area (Å²) in [6, 6.07) is 8.19. The third-order valence-corrected chi connectivity index (χ3v) is 4.93. The predicted molar refractivity (Wildman–Crippen MR) is 81.9 cm³/mol. The van der Waals surface area contributed by atoms with Crippen molar-refractivity contribution in [3.8, 4) is 11.8 Å². The molecule has 2 aromatic rings. The summed E-state index contributed by atoms with van der Waals surface area (Å²) in [5.74, 6) is 0.943. The molecule has 5 heteroatoms. The Hall–Kier alpha value is -1.25. The van der Waals surface area contributed by atoms with E-state index in [0.29, 0.717) is 5.56 Å². The number of hydrogen-bond acceptors (Lipinski definition) is 3. The second-order valence-electron chi connectivity index (χ2n) is 4.09. The molecule has 0 aliphatic rings. The normalized spacial score (nSPS) is 10.5. The smallest absolute Gasteiger partial charge is 0.103 e. The van der Waals surface area contributed by atoms with Gasteiger partial charge in [0.2, 0.25) is 0 Å². The van der Waals surface area contributed by atoms with E-state index in [2.05, 4.69) is 34.0 Å². The fourth-order valence-corrected chi connectivity index (χ4v) is 2.97. The summed E-state index contributed by atoms with van der Waals surface area (Å²) in [7, 11) is 0. The average Bonchev–Trinajstić information content (AvgIpc) is 2.66. The largest absolute Gasteiger partial charge is 0.235 e. The van der Waals surface area contributed by atoms with Gasteiger partial charge in [-0.25, -0.2) is 4.68 Å². The predicted octanol–water partition coefficient (Wildman–Crippen LogP) is 4.24. The quantitative estimate of drug-likeness (QED) is 0.788. The third-order valence-electron chi connectivity index (χ3n) is 2.85. The molecule has 0 aliphatic carbocycles. The van der Waals surface area contributed by atoms with Gasteiger partial charge in [-0.05, 0) is 47.7 Å². The van der Waals surface area contributed by atoms with Gasteiger partial charge in [0.15, 0.2) is 0 Å². The SMILES string of the molecule is CCSc1cccc(-n2nc(C)c(Br)c2C)c1C#N. The van der Waals surface area contributed by atoms with E-state index < -0.39 is 0 Å². The lowest BCUT2D eigenvalue weighted by molar-refractivity contribution is 0.827. The highest BCUT2D eigenvalue weighted by Gasteiger charge is 2.15. The molecule has 0 N–H and O–H groups in total. The van der Waals surface area contributed by atoms with Crippen molar-refractivity contribution in [1.82, 2.24) is 9.78 Å². The minimum absolute atomic E-state index is 0.687. The van der Waals surface area contributed by atoms with Crippen molar-refractivity contribution >= 4 is 27.7 Å². The van der Waals surface area contributed by atoms with E-state index in [-0.39, 0.29) is 0 Å². The minimum atomic E-state index is 0.687. The van der Waals surface area contributed by atoms with Crippen LogP contribution in [0.3, 0.4) is 0 Å². The van der Waals surface area contributed by atoms with Crippen molar-refractivity contribution in [3.63, 3.8) is 0 Å². The first-order chi connectivity index (χ1) is 9.10. The molecule has 3 nitrogen and oxygen atoms in total. The van der Waals surface area contributed by atoms with E-state index in [1.807, 2.05) is 36.7 Å². The van der Waals surface area contributed by atoms with E-state index in [1.54, 1.807) is 11.8 Å². The standard InChI is InChI=1S/C14H14BrN3S/c1-4-19-13-7-5-6-12(11(13)8-16)18-10(3)14(15)9(2)17-18/h5-7H,4H2,1-3H3. The highest BCUT2D eigenvalue weighted by atomic mass is 79.9. The van der Waals surface area contributed by atoms with Crippen LogP contribution in [0.5, 0.6) is 0 Å². The molecule has 1 aromatic carbocycles. The number of aromatic nitrogens is 2. The number of benzene rings is 1. The summed E-state index contributed by atoms with van der Waals surface area (Å²) < 4.78 is 2.82. The fourth-order valence-electron chi connectivity index (χ4n) is 1.94. The Kier molecular flexibility index (Phi) is 4.33. The van der Waals surface area contributed by atoms with Gasteiger partial charge in [0.25, 0.3) is 0 Å². The lowest BCUT2D eigenvalue weighted by atomic mass is 10.2. The van der Waals surface area contributed by atoms with Crippen molar-refractivity contribution in [2.45, 2.75) is 25.7 Å². The summed E-state index contributed by atoms with van der Waals surface area (Å²) in [5.41, 5.74) is 3.46. The summed E-state index contributed by atoms with van der Waals surface area (Å²) in [6.45, 7) is 6.02. The molecule has 0 radical (unpaired) electrons. The molecule has 0 saturated carbocycles. The molecular formula is C14H14BrN3S. The Morgan fingerprint density at radius 1 is 1.42 bits per heavy atom. The van der Waals surface area contributed by atoms with Crippen LogP contribution < -0.4 is 0 Å². The first-order valence-corrected chi connectivity index (χ1v) is 7.76. The molecule has 0 bridgehead atoms. The number of aryl methyl sites for hydroxylation is 1. The maximum Gasteiger partial charge on any atom is 0.103 e. The van der Waals surface area contributed by atoms with Gasteiger partial charge in [0.05, 0.1) is 27.1 Å². The zero-order chi connectivity index (χ0) is 14.0. The molecule has 0 saturated heterocycles. The molecular weight excluding hydrogens is 322 g/mol. The van der Waals surface area contributed by atoms with Gasteiger partial charge >= 0.3 is 0 Å². The zero-order valence-corrected chi connectivity index (χ0v) is 13.5. The van der Waals surface area contributed by atoms with Crippen LogP contribution in [0.4, 0.5) is 0 Å². The van der Waals surface area contributed by atoms with E-state index in [9.17, 15) is 5.26 Å². The minimum Gasteiger partial charge on any atom is -0.235 e. The van der Waals surface area contributed by atoms with Gasteiger partial charge in [0.1, 0.15) is 6.07 Å². The van der Waals surface area contributed by atoms with Crippen molar-refractivity contribution in [1.29, 1.82) is 5.26 Å². The maximum atomic E-state index is 9.44. The summed E-state index contributed by atoms with van der Waals surface area (Å²) in [6.07, 6.45) is 0. The van der Waals surface area contributed by atoms with Crippen LogP contribution in [0, 0.1) is 25.2 Å². The van der Waals surface area contributed by atoms with Crippen molar-refractivity contribution < 1.29 is 0 Å². The van der Waals surface area contributed by atoms with Crippen LogP contribution in [0.2, 0.25) is 0 Å². The van der Waals surface area contributed by atoms with Crippen LogP contribution in [-0.4, -0.2) is 15.5 Å². The first kappa shape index (κ1) is 14.2. The Balaban J connectivity index is 2.66. The molecule has 19 heavy (non-hydrogen) atoms. The van der Waals surface area contributed by atoms with Crippen LogP contribution in [-0.2, 0) is 0 Å². The first-order valence-electron chi connectivity index (χ1n) is 5.98. The van der Waals surface area contributed by atoms with Gasteiger partial charge in [-0.2, -0.15) is 10.4 Å². The van der Waals surface area contributed by atoms with Crippen LogP contribution in [0.25, 0.3) is 5.69 Å². The highest BCUT2D eigenvalue weighted by Crippen LogP contribution is 2.29. The lowest BCUT2D eigenvalue weighted by Gasteiger charge is -2.10. The van der Waals surface area contributed by atoms with Crippen molar-refractivity contribution in [2.75, 3.05) is 5.75 Å². The number of nitriles is 1. The van der Waals surface area contributed by atoms with Gasteiger partial charge in [-0.3, -0.25) is 0 Å². The Morgan fingerprint density at radius 3 is 2.68 bits per heavy atom. The number of nitrogens with zero attached hydrogens (tertiary/aromatic N) is 3. The molecule has 0 aliphatic heterocycles. The molecule has 2 rings (SSSR count). The van der Waals surface area contributed by atoms with E-state index in [1.165, 1.54) is 0 Å². The topological polar surface area (TPSA) is 41.6 Å². The van der Waals surface area contributed by atoms with E-state index >= 15 is 0 Å². The molecule has 0 unspecified atom stereocenters. The van der Waals surface area contributed by atoms with Gasteiger partial charge in [-0.15, -0.1) is 11.8 Å². The van der Waals surface area contributed by atoms with E-state index in [0.717, 1.165) is 32.2 Å². The van der Waals surface area contributed by atoms with Gasteiger partial charge < -0.3 is 0 Å². The average molecular weight is 336 g/mol. The van der Waals surface area contributed by atoms with Crippen molar-refractivity contribution in [2.24, 2.45) is 0 Å². The lowest BCUT2D eigenvalue weighted by Crippen LogP contribution is -2.03. The number of hydrogen-bond donors (Lipinski definition) is 0. The highest BCUT2D eigenvalue weighted by molar-refractivity contribution is 9.10. The summed E-state index contributed by atoms with van der Waals surface area (Å²) in [4.78, 5) is 1.01. The molecule has 0 fully saturated rings. The zero-order valence-electron chi connectivity index (χ0n) is 11.1. The van der Waals surface area contributed by atoms with Crippen LogP contribution in [0.1, 0.15) is 23.9 Å². The molecule has 0 spiro atoms. The van der Waals surface area contributed by atoms with E-state index in [4.69, 9.17) is 0 Å². The number of thioether (sulfide) groups is 1. The van der Waals surface area contributed by atoms with Crippen LogP contribution >= 0.6 is 27.7 Å². The van der Waals surface area contributed by atoms with Crippen LogP contribution in [0.15, 0.2) is 27.6 Å². The Morgan fingerprint density at radius 2 is 2.16 bits per heavy atom. The summed E-state index contributed by atoms with van der Waals surface area (Å²) >= 11 is 5.20. The summed E-state index contributed by atoms with van der Waals surface area (Å²) in [5, 5.41) is 13.9. The molecule has 1 heterocycles. The molecule has 0 atom stereocenters. The monoisotopic (exact) mass is 335 g/mol. The second-order valence-corrected chi connectivity index (χ2v) is 6.19. The van der Waals surface area contributed by atoms with Gasteiger partial charge in [-0.1, -0.05) is 13.0 Å². The fraction of sp³-hybridized carbons (Fsp3) is 0.286. The molecule has 0 amide bonds. The maximum absolute atomic E-state index is 9.44. The second kappa shape index (κ2) is 5.81. The molecule has 1 aromatic heterocycles. The number of rotatable bonds is 3. The molecule has 98 valence electrons.